The SMILES string of the molecule is CCOC(=O)c1c(NC(=O)[C@H]2[C@H](C(=O)O)[C@H]3C=C[C@H]2C3)sc2c1CCCCCCC2. The number of amides is 1. The van der Waals surface area contributed by atoms with Gasteiger partial charge in [-0.15, -0.1) is 11.3 Å². The molecule has 3 aliphatic carbocycles. The summed E-state index contributed by atoms with van der Waals surface area (Å²) in [7, 11) is 0. The van der Waals surface area contributed by atoms with Crippen LogP contribution in [-0.4, -0.2) is 29.6 Å². The lowest BCUT2D eigenvalue weighted by molar-refractivity contribution is -0.146. The van der Waals surface area contributed by atoms with Gasteiger partial charge < -0.3 is 15.2 Å². The number of aliphatic carboxylic acids is 1. The molecule has 4 atom stereocenters. The van der Waals surface area contributed by atoms with Crippen LogP contribution >= 0.6 is 11.3 Å². The van der Waals surface area contributed by atoms with E-state index in [9.17, 15) is 19.5 Å². The van der Waals surface area contributed by atoms with Crippen molar-refractivity contribution in [2.45, 2.75) is 58.3 Å². The first kappa shape index (κ1) is 21.1. The number of rotatable bonds is 5. The Morgan fingerprint density at radius 2 is 1.73 bits per heavy atom. The van der Waals surface area contributed by atoms with Gasteiger partial charge in [0.05, 0.1) is 24.0 Å². The minimum absolute atomic E-state index is 0.0494. The van der Waals surface area contributed by atoms with E-state index in [1.165, 1.54) is 24.2 Å². The third kappa shape index (κ3) is 3.92. The maximum absolute atomic E-state index is 13.2. The van der Waals surface area contributed by atoms with Gasteiger partial charge in [-0.2, -0.15) is 0 Å². The Morgan fingerprint density at radius 1 is 1.07 bits per heavy atom. The highest BCUT2D eigenvalue weighted by atomic mass is 32.1. The fourth-order valence-corrected chi connectivity index (χ4v) is 6.60. The molecular weight excluding hydrogens is 402 g/mol. The van der Waals surface area contributed by atoms with Crippen LogP contribution in [0.25, 0.3) is 0 Å². The van der Waals surface area contributed by atoms with Crippen molar-refractivity contribution in [2.75, 3.05) is 11.9 Å². The minimum atomic E-state index is -0.924. The highest BCUT2D eigenvalue weighted by Crippen LogP contribution is 2.49. The molecule has 1 saturated carbocycles. The molecule has 0 saturated heterocycles. The number of carbonyl (C=O) groups is 3. The zero-order chi connectivity index (χ0) is 21.3. The molecule has 162 valence electrons. The van der Waals surface area contributed by atoms with Crippen molar-refractivity contribution in [2.24, 2.45) is 23.7 Å². The zero-order valence-electron chi connectivity index (χ0n) is 17.3. The van der Waals surface area contributed by atoms with Crippen LogP contribution in [0.5, 0.6) is 0 Å². The van der Waals surface area contributed by atoms with Gasteiger partial charge in [0, 0.05) is 4.88 Å². The van der Waals surface area contributed by atoms with Gasteiger partial charge in [-0.1, -0.05) is 31.4 Å². The molecule has 7 heteroatoms. The number of thiophene rings is 1. The molecule has 3 aliphatic rings. The van der Waals surface area contributed by atoms with Crippen LogP contribution in [-0.2, 0) is 27.2 Å². The molecule has 4 rings (SSSR count). The number of carboxylic acids is 1. The van der Waals surface area contributed by atoms with Crippen molar-refractivity contribution in [3.05, 3.63) is 28.2 Å². The first-order valence-electron chi connectivity index (χ1n) is 11.0. The summed E-state index contributed by atoms with van der Waals surface area (Å²) in [6.07, 6.45) is 11.9. The molecule has 30 heavy (non-hydrogen) atoms. The minimum Gasteiger partial charge on any atom is -0.481 e. The van der Waals surface area contributed by atoms with Crippen molar-refractivity contribution < 1.29 is 24.2 Å². The van der Waals surface area contributed by atoms with Crippen molar-refractivity contribution >= 4 is 34.2 Å². The van der Waals surface area contributed by atoms with E-state index in [0.717, 1.165) is 42.5 Å². The Morgan fingerprint density at radius 3 is 2.43 bits per heavy atom. The molecule has 1 amide bonds. The van der Waals surface area contributed by atoms with Gasteiger partial charge in [0.25, 0.3) is 0 Å². The normalized spacial score (nSPS) is 27.6. The van der Waals surface area contributed by atoms with E-state index < -0.39 is 23.8 Å². The lowest BCUT2D eigenvalue weighted by Gasteiger charge is -2.23. The van der Waals surface area contributed by atoms with Crippen molar-refractivity contribution in [1.29, 1.82) is 0 Å². The lowest BCUT2D eigenvalue weighted by Crippen LogP contribution is -2.36. The average Bonchev–Trinajstić information content (AvgIpc) is 3.40. The largest absolute Gasteiger partial charge is 0.481 e. The molecular formula is C23H29NO5S. The zero-order valence-corrected chi connectivity index (χ0v) is 18.1. The first-order valence-corrected chi connectivity index (χ1v) is 11.9. The van der Waals surface area contributed by atoms with Gasteiger partial charge in [-0.3, -0.25) is 9.59 Å². The number of ether oxygens (including phenoxy) is 1. The van der Waals surface area contributed by atoms with Gasteiger partial charge in [-0.05, 0) is 56.4 Å². The predicted octanol–water partition coefficient (Wildman–Crippen LogP) is 4.44. The molecule has 1 heterocycles. The molecule has 0 spiro atoms. The van der Waals surface area contributed by atoms with E-state index in [0.29, 0.717) is 17.0 Å². The van der Waals surface area contributed by atoms with Gasteiger partial charge in [0.1, 0.15) is 5.00 Å². The van der Waals surface area contributed by atoms with Crippen LogP contribution in [0.15, 0.2) is 12.2 Å². The van der Waals surface area contributed by atoms with Gasteiger partial charge in [0.2, 0.25) is 5.91 Å². The van der Waals surface area contributed by atoms with Crippen molar-refractivity contribution in [3.63, 3.8) is 0 Å². The number of carbonyl (C=O) groups excluding carboxylic acids is 2. The van der Waals surface area contributed by atoms with Gasteiger partial charge >= 0.3 is 11.9 Å². The summed E-state index contributed by atoms with van der Waals surface area (Å²) >= 11 is 1.47. The number of nitrogens with one attached hydrogen (secondary N) is 1. The smallest absolute Gasteiger partial charge is 0.341 e. The number of hydrogen-bond donors (Lipinski definition) is 2. The van der Waals surface area contributed by atoms with Crippen molar-refractivity contribution in [1.82, 2.24) is 0 Å². The van der Waals surface area contributed by atoms with Crippen LogP contribution in [0.4, 0.5) is 5.00 Å². The summed E-state index contributed by atoms with van der Waals surface area (Å²) < 4.78 is 5.32. The maximum atomic E-state index is 13.2. The number of esters is 1. The van der Waals surface area contributed by atoms with E-state index in [1.807, 2.05) is 12.2 Å². The Labute approximate surface area is 180 Å². The number of anilines is 1. The van der Waals surface area contributed by atoms with E-state index in [4.69, 9.17) is 4.74 Å². The standard InChI is InChI=1S/C23H29NO5S/c1-2-29-23(28)19-15-8-6-4-3-5-7-9-16(15)30-21(19)24-20(25)17-13-10-11-14(12-13)18(17)22(26)27/h10-11,13-14,17-18H,2-9,12H2,1H3,(H,24,25)(H,26,27)/t13-,14-,17+,18+/m0/s1. The van der Waals surface area contributed by atoms with Crippen LogP contribution in [0.2, 0.25) is 0 Å². The Balaban J connectivity index is 1.64. The molecule has 0 aliphatic heterocycles. The van der Waals surface area contributed by atoms with E-state index >= 15 is 0 Å². The number of fused-ring (bicyclic) bond motifs is 3. The Hall–Kier alpha value is -2.15. The second-order valence-corrected chi connectivity index (χ2v) is 9.63. The fourth-order valence-electron chi connectivity index (χ4n) is 5.32. The highest BCUT2D eigenvalue weighted by molar-refractivity contribution is 7.17. The maximum Gasteiger partial charge on any atom is 0.341 e. The Bertz CT molecular complexity index is 873. The van der Waals surface area contributed by atoms with Crippen molar-refractivity contribution in [3.8, 4) is 0 Å². The summed E-state index contributed by atoms with van der Waals surface area (Å²) in [5.41, 5.74) is 1.50. The molecule has 2 bridgehead atoms. The molecule has 2 N–H and O–H groups in total. The van der Waals surface area contributed by atoms with E-state index in [-0.39, 0.29) is 24.3 Å². The molecule has 0 aromatic carbocycles. The second kappa shape index (κ2) is 8.92. The number of allylic oxidation sites excluding steroid dienone is 2. The third-order valence-electron chi connectivity index (χ3n) is 6.68. The summed E-state index contributed by atoms with van der Waals surface area (Å²) in [6.45, 7) is 2.05. The first-order chi connectivity index (χ1) is 14.5. The molecule has 6 nitrogen and oxygen atoms in total. The molecule has 0 unspecified atom stereocenters. The van der Waals surface area contributed by atoms with Crippen LogP contribution in [0.3, 0.4) is 0 Å². The highest BCUT2D eigenvalue weighted by Gasteiger charge is 2.51. The number of carboxylic acid groups (broad SMARTS) is 1. The van der Waals surface area contributed by atoms with Crippen LogP contribution < -0.4 is 5.32 Å². The molecule has 1 aromatic heterocycles. The topological polar surface area (TPSA) is 92.7 Å². The summed E-state index contributed by atoms with van der Waals surface area (Å²) in [5.74, 6) is -3.04. The summed E-state index contributed by atoms with van der Waals surface area (Å²) in [6, 6.07) is 0. The number of hydrogen-bond acceptors (Lipinski definition) is 5. The van der Waals surface area contributed by atoms with Crippen LogP contribution in [0.1, 0.15) is 66.2 Å². The van der Waals surface area contributed by atoms with Crippen LogP contribution in [0, 0.1) is 23.7 Å². The van der Waals surface area contributed by atoms with E-state index in [2.05, 4.69) is 5.32 Å². The van der Waals surface area contributed by atoms with Gasteiger partial charge in [-0.25, -0.2) is 4.79 Å². The lowest BCUT2D eigenvalue weighted by atomic mass is 9.82. The number of aryl methyl sites for hydroxylation is 1. The fraction of sp³-hybridized carbons (Fsp3) is 0.609. The van der Waals surface area contributed by atoms with Gasteiger partial charge in [0.15, 0.2) is 0 Å². The molecule has 1 aromatic rings. The summed E-state index contributed by atoms with van der Waals surface area (Å²) in [4.78, 5) is 39.0. The molecule has 0 radical (unpaired) electrons. The average molecular weight is 432 g/mol. The van der Waals surface area contributed by atoms with E-state index in [1.54, 1.807) is 6.92 Å². The monoisotopic (exact) mass is 431 g/mol. The predicted molar refractivity (Wildman–Crippen MR) is 115 cm³/mol. The summed E-state index contributed by atoms with van der Waals surface area (Å²) in [5, 5.41) is 13.2. The quantitative estimate of drug-likeness (QED) is 0.531. The third-order valence-corrected chi connectivity index (χ3v) is 7.89. The Kier molecular flexibility index (Phi) is 6.27. The second-order valence-electron chi connectivity index (χ2n) is 8.52. The molecule has 1 fully saturated rings.